The van der Waals surface area contributed by atoms with Crippen molar-refractivity contribution >= 4 is 23.2 Å². The van der Waals surface area contributed by atoms with Crippen molar-refractivity contribution in [3.05, 3.63) is 18.2 Å². The molecule has 120 valence electrons. The second kappa shape index (κ2) is 6.36. The molecular weight excluding hydrogens is 284 g/mol. The maximum absolute atomic E-state index is 12.4. The Hall–Kier alpha value is -2.08. The molecule has 0 aliphatic carbocycles. The smallest absolute Gasteiger partial charge is 0.250 e. The number of nitrogens with zero attached hydrogens (tertiary/aromatic N) is 1. The largest absolute Gasteiger partial charge is 0.490 e. The van der Waals surface area contributed by atoms with Crippen LogP contribution in [0.5, 0.6) is 5.75 Å². The molecular formula is C16H22N2O4. The normalized spacial score (nSPS) is 16.5. The van der Waals surface area contributed by atoms with Gasteiger partial charge in [0.05, 0.1) is 11.1 Å². The van der Waals surface area contributed by atoms with E-state index in [1.165, 1.54) is 0 Å². The molecule has 1 N–H and O–H groups in total. The molecule has 0 atom stereocenters. The third kappa shape index (κ3) is 3.39. The highest BCUT2D eigenvalue weighted by atomic mass is 16.5. The van der Waals surface area contributed by atoms with Gasteiger partial charge in [-0.1, -0.05) is 0 Å². The molecule has 1 aliphatic heterocycles. The van der Waals surface area contributed by atoms with Crippen LogP contribution in [0.2, 0.25) is 0 Å². The average molecular weight is 306 g/mol. The van der Waals surface area contributed by atoms with Crippen LogP contribution in [0.25, 0.3) is 0 Å². The Morgan fingerprint density at radius 2 is 2.18 bits per heavy atom. The van der Waals surface area contributed by atoms with E-state index in [4.69, 9.17) is 9.47 Å². The lowest BCUT2D eigenvalue weighted by atomic mass is 9.93. The van der Waals surface area contributed by atoms with E-state index in [9.17, 15) is 9.59 Å². The summed E-state index contributed by atoms with van der Waals surface area (Å²) in [5.74, 6) is 0.357. The minimum absolute atomic E-state index is 0.000573. The summed E-state index contributed by atoms with van der Waals surface area (Å²) in [4.78, 5) is 25.6. The summed E-state index contributed by atoms with van der Waals surface area (Å²) < 4.78 is 10.8. The SMILES string of the molecule is CCOCC(=O)Nc1ccc2c(c1)OCC(C)(C)C(=O)N2C. The van der Waals surface area contributed by atoms with Crippen molar-refractivity contribution in [2.24, 2.45) is 5.41 Å². The van der Waals surface area contributed by atoms with Crippen LogP contribution in [0.3, 0.4) is 0 Å². The topological polar surface area (TPSA) is 67.9 Å². The van der Waals surface area contributed by atoms with Gasteiger partial charge in [0, 0.05) is 25.4 Å². The van der Waals surface area contributed by atoms with Crippen molar-refractivity contribution in [2.45, 2.75) is 20.8 Å². The molecule has 0 saturated carbocycles. The lowest BCUT2D eigenvalue weighted by Gasteiger charge is -2.24. The van der Waals surface area contributed by atoms with Crippen LogP contribution >= 0.6 is 0 Å². The number of fused-ring (bicyclic) bond motifs is 1. The van der Waals surface area contributed by atoms with Gasteiger partial charge in [-0.25, -0.2) is 0 Å². The number of ether oxygens (including phenoxy) is 2. The third-order valence-corrected chi connectivity index (χ3v) is 3.51. The standard InChI is InChI=1S/C16H22N2O4/c1-5-21-9-14(19)17-11-6-7-12-13(8-11)22-10-16(2,3)15(20)18(12)4/h6-8H,5,9-10H2,1-4H3,(H,17,19). The van der Waals surface area contributed by atoms with Gasteiger partial charge in [-0.05, 0) is 32.9 Å². The quantitative estimate of drug-likeness (QED) is 0.924. The fourth-order valence-corrected chi connectivity index (χ4v) is 2.26. The summed E-state index contributed by atoms with van der Waals surface area (Å²) in [6, 6.07) is 5.24. The van der Waals surface area contributed by atoms with Crippen LogP contribution in [0.1, 0.15) is 20.8 Å². The van der Waals surface area contributed by atoms with Crippen molar-refractivity contribution < 1.29 is 19.1 Å². The molecule has 0 spiro atoms. The van der Waals surface area contributed by atoms with E-state index in [-0.39, 0.29) is 18.4 Å². The summed E-state index contributed by atoms with van der Waals surface area (Å²) in [5.41, 5.74) is 0.717. The molecule has 1 aromatic rings. The minimum Gasteiger partial charge on any atom is -0.490 e. The molecule has 2 amide bonds. The number of benzene rings is 1. The summed E-state index contributed by atoms with van der Waals surface area (Å²) in [7, 11) is 1.73. The third-order valence-electron chi connectivity index (χ3n) is 3.51. The zero-order chi connectivity index (χ0) is 16.3. The lowest BCUT2D eigenvalue weighted by molar-refractivity contribution is -0.127. The molecule has 6 nitrogen and oxygen atoms in total. The molecule has 0 bridgehead atoms. The van der Waals surface area contributed by atoms with Crippen molar-refractivity contribution in [1.29, 1.82) is 0 Å². The van der Waals surface area contributed by atoms with Crippen LogP contribution in [-0.2, 0) is 14.3 Å². The van der Waals surface area contributed by atoms with Gasteiger partial charge >= 0.3 is 0 Å². The van der Waals surface area contributed by atoms with Crippen LogP contribution in [0, 0.1) is 5.41 Å². The van der Waals surface area contributed by atoms with Gasteiger partial charge in [0.1, 0.15) is 19.0 Å². The van der Waals surface area contributed by atoms with E-state index in [1.807, 2.05) is 20.8 Å². The summed E-state index contributed by atoms with van der Waals surface area (Å²) in [6.45, 7) is 6.32. The van der Waals surface area contributed by atoms with Gasteiger partial charge < -0.3 is 19.7 Å². The maximum Gasteiger partial charge on any atom is 0.250 e. The van der Waals surface area contributed by atoms with Crippen molar-refractivity contribution in [1.82, 2.24) is 0 Å². The first-order valence-electron chi connectivity index (χ1n) is 7.28. The zero-order valence-corrected chi connectivity index (χ0v) is 13.4. The van der Waals surface area contributed by atoms with Crippen LogP contribution in [0.4, 0.5) is 11.4 Å². The van der Waals surface area contributed by atoms with Gasteiger partial charge in [-0.2, -0.15) is 0 Å². The van der Waals surface area contributed by atoms with E-state index in [1.54, 1.807) is 30.1 Å². The first-order valence-corrected chi connectivity index (χ1v) is 7.28. The molecule has 0 radical (unpaired) electrons. The Morgan fingerprint density at radius 1 is 1.45 bits per heavy atom. The second-order valence-corrected chi connectivity index (χ2v) is 5.90. The molecule has 2 rings (SSSR count). The molecule has 6 heteroatoms. The number of carbonyl (C=O) groups excluding carboxylic acids is 2. The Bertz CT molecular complexity index is 584. The van der Waals surface area contributed by atoms with Gasteiger partial charge in [-0.15, -0.1) is 0 Å². The molecule has 0 saturated heterocycles. The Labute approximate surface area is 130 Å². The number of amides is 2. The molecule has 0 aromatic heterocycles. The fourth-order valence-electron chi connectivity index (χ4n) is 2.26. The van der Waals surface area contributed by atoms with Gasteiger partial charge in [0.2, 0.25) is 11.8 Å². The van der Waals surface area contributed by atoms with E-state index >= 15 is 0 Å². The maximum atomic E-state index is 12.4. The molecule has 1 heterocycles. The molecule has 1 aromatic carbocycles. The highest BCUT2D eigenvalue weighted by Gasteiger charge is 2.36. The summed E-state index contributed by atoms with van der Waals surface area (Å²) in [5, 5.41) is 2.75. The number of anilines is 2. The van der Waals surface area contributed by atoms with Crippen LogP contribution in [0.15, 0.2) is 18.2 Å². The first kappa shape index (κ1) is 16.3. The zero-order valence-electron chi connectivity index (χ0n) is 13.4. The first-order chi connectivity index (χ1) is 10.3. The molecule has 1 aliphatic rings. The Balaban J connectivity index is 2.20. The molecule has 0 unspecified atom stereocenters. The van der Waals surface area contributed by atoms with Crippen LogP contribution in [-0.4, -0.2) is 38.7 Å². The number of rotatable bonds is 4. The Morgan fingerprint density at radius 3 is 2.86 bits per heavy atom. The molecule has 22 heavy (non-hydrogen) atoms. The van der Waals surface area contributed by atoms with E-state index in [0.29, 0.717) is 30.3 Å². The van der Waals surface area contributed by atoms with Gasteiger partial charge in [0.25, 0.3) is 0 Å². The summed E-state index contributed by atoms with van der Waals surface area (Å²) in [6.07, 6.45) is 0. The predicted molar refractivity (Wildman–Crippen MR) is 84.3 cm³/mol. The minimum atomic E-state index is -0.591. The number of hydrogen-bond acceptors (Lipinski definition) is 4. The van der Waals surface area contributed by atoms with Gasteiger partial charge in [0.15, 0.2) is 0 Å². The van der Waals surface area contributed by atoms with Crippen molar-refractivity contribution in [2.75, 3.05) is 37.1 Å². The second-order valence-electron chi connectivity index (χ2n) is 5.90. The highest BCUT2D eigenvalue weighted by molar-refractivity contribution is 5.99. The van der Waals surface area contributed by atoms with E-state index in [2.05, 4.69) is 5.32 Å². The molecule has 0 fully saturated rings. The van der Waals surface area contributed by atoms with Gasteiger partial charge in [-0.3, -0.25) is 9.59 Å². The fraction of sp³-hybridized carbons (Fsp3) is 0.500. The summed E-state index contributed by atoms with van der Waals surface area (Å²) >= 11 is 0. The van der Waals surface area contributed by atoms with E-state index < -0.39 is 5.41 Å². The Kier molecular flexibility index (Phi) is 4.71. The average Bonchev–Trinajstić information content (AvgIpc) is 2.56. The van der Waals surface area contributed by atoms with E-state index in [0.717, 1.165) is 0 Å². The van der Waals surface area contributed by atoms with Crippen LogP contribution < -0.4 is 15.0 Å². The lowest BCUT2D eigenvalue weighted by Crippen LogP contribution is -2.39. The predicted octanol–water partition coefficient (Wildman–Crippen LogP) is 2.04. The monoisotopic (exact) mass is 306 g/mol. The van der Waals surface area contributed by atoms with Crippen molar-refractivity contribution in [3.8, 4) is 5.75 Å². The highest BCUT2D eigenvalue weighted by Crippen LogP contribution is 2.37. The number of nitrogens with one attached hydrogen (secondary N) is 1. The van der Waals surface area contributed by atoms with Crippen molar-refractivity contribution in [3.63, 3.8) is 0 Å². The number of carbonyl (C=O) groups is 2. The number of hydrogen-bond donors (Lipinski definition) is 1.